The zero-order valence-corrected chi connectivity index (χ0v) is 38.5. The van der Waals surface area contributed by atoms with Gasteiger partial charge in [-0.3, -0.25) is 19.3 Å². The number of cyclic esters (lactones) is 1. The molecule has 5 N–H and O–H groups in total. The topological polar surface area (TPSA) is 184 Å². The van der Waals surface area contributed by atoms with Gasteiger partial charge in [0.25, 0.3) is 0 Å². The summed E-state index contributed by atoms with van der Waals surface area (Å²) in [5.74, 6) is 3.33. The fourth-order valence-electron chi connectivity index (χ4n) is 10.9. The number of nitrogens with one attached hydrogen (secondary N) is 2. The maximum absolute atomic E-state index is 16.7. The number of anilines is 1. The van der Waals surface area contributed by atoms with Crippen LogP contribution in [0.15, 0.2) is 133 Å². The van der Waals surface area contributed by atoms with E-state index in [1.54, 1.807) is 35.2 Å². The van der Waals surface area contributed by atoms with Crippen LogP contribution in [0.2, 0.25) is 0 Å². The van der Waals surface area contributed by atoms with E-state index in [9.17, 15) is 9.90 Å². The molecule has 14 nitrogen and oxygen atoms in total. The van der Waals surface area contributed by atoms with Crippen LogP contribution < -0.4 is 26.0 Å². The van der Waals surface area contributed by atoms with Crippen LogP contribution in [0.25, 0.3) is 0 Å². The van der Waals surface area contributed by atoms with Crippen LogP contribution in [0.3, 0.4) is 0 Å². The molecule has 0 unspecified atom stereocenters. The number of amides is 6. The van der Waals surface area contributed by atoms with Crippen LogP contribution in [0, 0.1) is 17.8 Å². The summed E-state index contributed by atoms with van der Waals surface area (Å²) in [5, 5.41) is 15.2. The minimum atomic E-state index is -1.97. The molecule has 5 aromatic rings. The Morgan fingerprint density at radius 3 is 2.10 bits per heavy atom. The Labute approximate surface area is 401 Å². The Balaban J connectivity index is 1.34. The first-order valence-electron chi connectivity index (χ1n) is 23.7. The third kappa shape index (κ3) is 8.91. The number of carbonyl (C=O) groups is 5. The molecule has 0 saturated carbocycles. The highest BCUT2D eigenvalue weighted by molar-refractivity contribution is 6.24. The summed E-state index contributed by atoms with van der Waals surface area (Å²) < 4.78 is 12.5. The Bertz CT molecular complexity index is 2740. The highest BCUT2D eigenvalue weighted by atomic mass is 16.6. The molecule has 6 amide bonds. The summed E-state index contributed by atoms with van der Waals surface area (Å²) in [6, 6.07) is 35.6. The molecule has 0 radical (unpaired) electrons. The maximum atomic E-state index is 16.7. The summed E-state index contributed by atoms with van der Waals surface area (Å²) in [5.41, 5.74) is 7.28. The molecule has 7 atom stereocenters. The van der Waals surface area contributed by atoms with Gasteiger partial charge in [-0.15, -0.1) is 0 Å². The molecule has 3 saturated heterocycles. The lowest BCUT2D eigenvalue weighted by atomic mass is 9.64. The number of hydrogen-bond donors (Lipinski definition) is 4. The zero-order valence-electron chi connectivity index (χ0n) is 38.5. The zero-order chi connectivity index (χ0) is 48.1. The molecule has 354 valence electrons. The van der Waals surface area contributed by atoms with Gasteiger partial charge >= 0.3 is 18.0 Å². The average Bonchev–Trinajstić information content (AvgIpc) is 3.81. The maximum Gasteiger partial charge on any atom is 0.329 e. The van der Waals surface area contributed by atoms with Gasteiger partial charge in [-0.2, -0.15) is 0 Å². The third-order valence-corrected chi connectivity index (χ3v) is 13.9. The number of morpholine rings is 1. The van der Waals surface area contributed by atoms with Crippen molar-refractivity contribution in [1.29, 1.82) is 0 Å². The molecule has 4 aliphatic rings. The minimum Gasteiger partial charge on any atom is -0.491 e. The van der Waals surface area contributed by atoms with Crippen molar-refractivity contribution in [2.24, 2.45) is 11.7 Å². The van der Waals surface area contributed by atoms with Gasteiger partial charge in [0.15, 0.2) is 0 Å². The molecule has 3 fully saturated rings. The summed E-state index contributed by atoms with van der Waals surface area (Å²) in [7, 11) is 0. The van der Waals surface area contributed by atoms with Gasteiger partial charge in [0.1, 0.15) is 29.9 Å². The lowest BCUT2D eigenvalue weighted by molar-refractivity contribution is -0.179. The Morgan fingerprint density at radius 1 is 0.812 bits per heavy atom. The molecule has 69 heavy (non-hydrogen) atoms. The van der Waals surface area contributed by atoms with Crippen LogP contribution in [-0.2, 0) is 24.5 Å². The van der Waals surface area contributed by atoms with Gasteiger partial charge in [-0.1, -0.05) is 134 Å². The SMILES string of the molecule is C[C@@H](NC(=O)N1C(=O)[C@@]2(c3cc(C#CCNC(N)=O)ccc31)[C@H](C(=O)N1CCCCCCC1)[C@H]1C(=O)O[C@H](c3ccccc3)[C@H](c3ccccc3)N1[C@@H]2c1ccc(OCCO)cc1)c1ccccc1. The van der Waals surface area contributed by atoms with Crippen LogP contribution >= 0.6 is 0 Å². The number of ether oxygens (including phenoxy) is 2. The van der Waals surface area contributed by atoms with Crippen molar-refractivity contribution in [2.75, 3.05) is 37.7 Å². The van der Waals surface area contributed by atoms with Gasteiger partial charge in [-0.05, 0) is 77.9 Å². The number of benzene rings is 5. The standard InChI is InChI=1S/C55H56N6O8/c1-36(38-18-8-5-9-19-38)58-54(67)60-44-29-24-37(17-16-30-57-53(56)66)35-43(44)55(52(60)65)45(50(63)59-31-14-3-2-4-15-32-59)47-51(64)69-48(40-22-12-7-13-23-40)46(39-20-10-6-11-21-39)61(47)49(55)41-25-27-42(28-26-41)68-34-33-62/h5-13,18-29,35-36,45-49,62H,2-4,14-15,30-34H2,1H3,(H,58,67)(H3,56,57,66)/t36-,45+,46+,47+,48-,49-,55+/m1/s1. The summed E-state index contributed by atoms with van der Waals surface area (Å²) in [4.78, 5) is 80.2. The smallest absolute Gasteiger partial charge is 0.329 e. The number of rotatable bonds is 10. The van der Waals surface area contributed by atoms with Crippen molar-refractivity contribution in [1.82, 2.24) is 20.4 Å². The van der Waals surface area contributed by atoms with E-state index in [1.807, 2.05) is 115 Å². The van der Waals surface area contributed by atoms with Crippen molar-refractivity contribution in [3.63, 3.8) is 0 Å². The lowest BCUT2D eigenvalue weighted by Crippen LogP contribution is -2.57. The Kier molecular flexibility index (Phi) is 13.8. The lowest BCUT2D eigenvalue weighted by Gasteiger charge is -2.46. The van der Waals surface area contributed by atoms with Crippen LogP contribution in [-0.4, -0.2) is 83.6 Å². The van der Waals surface area contributed by atoms with E-state index in [0.29, 0.717) is 41.1 Å². The summed E-state index contributed by atoms with van der Waals surface area (Å²) >= 11 is 0. The van der Waals surface area contributed by atoms with Crippen molar-refractivity contribution in [3.05, 3.63) is 167 Å². The number of fused-ring (bicyclic) bond motifs is 3. The van der Waals surface area contributed by atoms with Gasteiger partial charge in [0, 0.05) is 18.7 Å². The summed E-state index contributed by atoms with van der Waals surface area (Å²) in [6.07, 6.45) is 3.45. The molecule has 4 heterocycles. The number of primary amides is 1. The van der Waals surface area contributed by atoms with Crippen LogP contribution in [0.4, 0.5) is 15.3 Å². The normalized spacial score (nSPS) is 23.6. The minimum absolute atomic E-state index is 0.0457. The fraction of sp³-hybridized carbons (Fsp3) is 0.327. The number of esters is 1. The van der Waals surface area contributed by atoms with E-state index >= 15 is 19.2 Å². The molecule has 1 spiro atoms. The van der Waals surface area contributed by atoms with E-state index in [4.69, 9.17) is 15.2 Å². The van der Waals surface area contributed by atoms with Gasteiger partial charge < -0.3 is 35.8 Å². The Hall–Kier alpha value is -7.47. The van der Waals surface area contributed by atoms with Gasteiger partial charge in [-0.25, -0.2) is 14.5 Å². The number of urea groups is 2. The Morgan fingerprint density at radius 2 is 1.45 bits per heavy atom. The molecule has 0 aliphatic carbocycles. The van der Waals surface area contributed by atoms with E-state index in [0.717, 1.165) is 48.1 Å². The number of aliphatic hydroxyl groups excluding tert-OH is 1. The van der Waals surface area contributed by atoms with E-state index in [1.165, 1.54) is 0 Å². The molecular formula is C55H56N6O8. The molecule has 14 heteroatoms. The second-order valence-electron chi connectivity index (χ2n) is 18.0. The summed E-state index contributed by atoms with van der Waals surface area (Å²) in [6.45, 7) is 2.45. The third-order valence-electron chi connectivity index (χ3n) is 13.9. The van der Waals surface area contributed by atoms with E-state index in [2.05, 4.69) is 22.5 Å². The molecule has 0 aromatic heterocycles. The quantitative estimate of drug-likeness (QED) is 0.0846. The number of hydrogen-bond acceptors (Lipinski definition) is 9. The highest BCUT2D eigenvalue weighted by Gasteiger charge is 2.76. The highest BCUT2D eigenvalue weighted by Crippen LogP contribution is 2.66. The number of nitrogens with two attached hydrogens (primary N) is 1. The van der Waals surface area contributed by atoms with Gasteiger partial charge in [0.05, 0.1) is 42.9 Å². The monoisotopic (exact) mass is 928 g/mol. The predicted octanol–water partition coefficient (Wildman–Crippen LogP) is 7.01. The fourth-order valence-corrected chi connectivity index (χ4v) is 10.9. The molecular weight excluding hydrogens is 873 g/mol. The molecule has 4 aliphatic heterocycles. The number of likely N-dealkylation sites (tertiary alicyclic amines) is 1. The van der Waals surface area contributed by atoms with Crippen LogP contribution in [0.5, 0.6) is 5.75 Å². The number of carbonyl (C=O) groups excluding carboxylic acids is 5. The largest absolute Gasteiger partial charge is 0.491 e. The first kappa shape index (κ1) is 46.6. The molecule has 0 bridgehead atoms. The molecule has 5 aromatic carbocycles. The van der Waals surface area contributed by atoms with Gasteiger partial charge in [0.2, 0.25) is 11.8 Å². The average molecular weight is 929 g/mol. The second-order valence-corrected chi connectivity index (χ2v) is 18.0. The van der Waals surface area contributed by atoms with Crippen molar-refractivity contribution in [3.8, 4) is 17.6 Å². The van der Waals surface area contributed by atoms with Crippen LogP contribution in [0.1, 0.15) is 96.6 Å². The number of nitrogens with zero attached hydrogens (tertiary/aromatic N) is 3. The first-order chi connectivity index (χ1) is 33.6. The van der Waals surface area contributed by atoms with Crippen molar-refractivity contribution >= 4 is 35.5 Å². The van der Waals surface area contributed by atoms with Crippen molar-refractivity contribution in [2.45, 2.75) is 74.7 Å². The number of imide groups is 1. The van der Waals surface area contributed by atoms with Crippen molar-refractivity contribution < 1.29 is 38.6 Å². The first-order valence-corrected chi connectivity index (χ1v) is 23.7. The predicted molar refractivity (Wildman–Crippen MR) is 258 cm³/mol. The second kappa shape index (κ2) is 20.4. The number of aliphatic hydroxyl groups is 1. The van der Waals surface area contributed by atoms with E-state index < -0.39 is 65.5 Å². The molecule has 9 rings (SSSR count). The van der Waals surface area contributed by atoms with E-state index in [-0.39, 0.29) is 31.4 Å².